The highest BCUT2D eigenvalue weighted by atomic mass is 16.6. The van der Waals surface area contributed by atoms with Crippen molar-refractivity contribution in [1.29, 1.82) is 0 Å². The van der Waals surface area contributed by atoms with Gasteiger partial charge in [-0.25, -0.2) is 0 Å². The Bertz CT molecular complexity index is 109. The lowest BCUT2D eigenvalue weighted by Crippen LogP contribution is -2.41. The van der Waals surface area contributed by atoms with Crippen LogP contribution in [-0.4, -0.2) is 30.1 Å². The van der Waals surface area contributed by atoms with Crippen LogP contribution in [0.4, 0.5) is 0 Å². The Kier molecular flexibility index (Phi) is 4.00. The molecule has 0 aliphatic heterocycles. The maximum absolute atomic E-state index is 9.37. The topological polar surface area (TPSA) is 41.5 Å². The molecule has 68 valence electrons. The van der Waals surface area contributed by atoms with Gasteiger partial charge in [0.25, 0.3) is 0 Å². The summed E-state index contributed by atoms with van der Waals surface area (Å²) in [4.78, 5) is 0. The van der Waals surface area contributed by atoms with Crippen molar-refractivity contribution in [2.24, 2.45) is 0 Å². The predicted octanol–water partition coefficient (Wildman–Crippen LogP) is 0.728. The number of rotatable bonds is 3. The van der Waals surface area contributed by atoms with Crippen LogP contribution in [0.3, 0.4) is 0 Å². The molecule has 0 saturated heterocycles. The maximum atomic E-state index is 9.37. The molecule has 0 fully saturated rings. The monoisotopic (exact) mass is 161 g/mol. The Morgan fingerprint density at radius 1 is 1.36 bits per heavy atom. The van der Waals surface area contributed by atoms with Gasteiger partial charge in [-0.1, -0.05) is 0 Å². The molecule has 0 bridgehead atoms. The van der Waals surface area contributed by atoms with Crippen LogP contribution in [-0.2, 0) is 4.74 Å². The molecule has 0 aromatic rings. The quantitative estimate of drug-likeness (QED) is 0.599. The Morgan fingerprint density at radius 2 is 1.82 bits per heavy atom. The van der Waals surface area contributed by atoms with Gasteiger partial charge in [-0.3, -0.25) is 0 Å². The summed E-state index contributed by atoms with van der Waals surface area (Å²) < 4.78 is 5.28. The lowest BCUT2D eigenvalue weighted by atomic mass is 10.2. The van der Waals surface area contributed by atoms with Crippen molar-refractivity contribution in [3.8, 4) is 0 Å². The fraction of sp³-hybridized carbons (Fsp3) is 1.00. The number of likely N-dealkylation sites (N-methyl/N-ethyl adjacent to an activating group) is 1. The first-order chi connectivity index (χ1) is 4.87. The van der Waals surface area contributed by atoms with Gasteiger partial charge in [0.15, 0.2) is 6.29 Å². The Labute approximate surface area is 68.8 Å². The molecule has 0 radical (unpaired) electrons. The van der Waals surface area contributed by atoms with E-state index in [0.717, 1.165) is 0 Å². The minimum Gasteiger partial charge on any atom is -0.367 e. The van der Waals surface area contributed by atoms with Crippen LogP contribution in [0.2, 0.25) is 0 Å². The maximum Gasteiger partial charge on any atom is 0.170 e. The molecule has 0 amide bonds. The molecule has 11 heavy (non-hydrogen) atoms. The zero-order valence-electron chi connectivity index (χ0n) is 8.01. The minimum atomic E-state index is -0.736. The summed E-state index contributed by atoms with van der Waals surface area (Å²) in [5.74, 6) is 0. The molecular weight excluding hydrogens is 142 g/mol. The van der Waals surface area contributed by atoms with Gasteiger partial charge in [0.2, 0.25) is 0 Å². The Morgan fingerprint density at radius 3 is 2.09 bits per heavy atom. The van der Waals surface area contributed by atoms with E-state index in [1.165, 1.54) is 0 Å². The van der Waals surface area contributed by atoms with Crippen molar-refractivity contribution in [1.82, 2.24) is 5.32 Å². The van der Waals surface area contributed by atoms with Crippen molar-refractivity contribution in [3.63, 3.8) is 0 Å². The number of nitrogens with one attached hydrogen (secondary N) is 1. The van der Waals surface area contributed by atoms with Gasteiger partial charge in [-0.2, -0.15) is 0 Å². The average Bonchev–Trinajstić information content (AvgIpc) is 1.82. The van der Waals surface area contributed by atoms with Crippen LogP contribution >= 0.6 is 0 Å². The second-order valence-electron chi connectivity index (χ2n) is 3.70. The second kappa shape index (κ2) is 4.04. The number of aliphatic hydroxyl groups is 1. The van der Waals surface area contributed by atoms with Gasteiger partial charge in [0, 0.05) is 0 Å². The number of hydrogen-bond acceptors (Lipinski definition) is 3. The highest BCUT2D eigenvalue weighted by molar-refractivity contribution is 4.66. The van der Waals surface area contributed by atoms with Crippen molar-refractivity contribution >= 4 is 0 Å². The van der Waals surface area contributed by atoms with E-state index < -0.39 is 6.29 Å². The van der Waals surface area contributed by atoms with E-state index in [9.17, 15) is 5.11 Å². The smallest absolute Gasteiger partial charge is 0.170 e. The van der Waals surface area contributed by atoms with Crippen molar-refractivity contribution in [2.45, 2.75) is 45.6 Å². The molecule has 0 aliphatic rings. The molecular formula is C8H19NO2. The zero-order chi connectivity index (χ0) is 9.07. The average molecular weight is 161 g/mol. The zero-order valence-corrected chi connectivity index (χ0v) is 8.01. The number of hydrogen-bond donors (Lipinski definition) is 2. The summed E-state index contributed by atoms with van der Waals surface area (Å²) in [6.07, 6.45) is -0.736. The molecule has 2 atom stereocenters. The largest absolute Gasteiger partial charge is 0.367 e. The van der Waals surface area contributed by atoms with Gasteiger partial charge >= 0.3 is 0 Å². The lowest BCUT2D eigenvalue weighted by molar-refractivity contribution is -0.176. The first kappa shape index (κ1) is 10.9. The van der Waals surface area contributed by atoms with Gasteiger partial charge in [-0.05, 0) is 34.7 Å². The minimum absolute atomic E-state index is 0.0331. The third-order valence-corrected chi connectivity index (χ3v) is 1.36. The normalized spacial score (nSPS) is 18.0. The van der Waals surface area contributed by atoms with Gasteiger partial charge in [0.05, 0.1) is 11.6 Å². The fourth-order valence-corrected chi connectivity index (χ4v) is 0.607. The molecule has 0 saturated carbocycles. The van der Waals surface area contributed by atoms with Crippen LogP contribution in [0, 0.1) is 0 Å². The molecule has 0 heterocycles. The van der Waals surface area contributed by atoms with E-state index in [2.05, 4.69) is 5.32 Å². The van der Waals surface area contributed by atoms with Crippen LogP contribution < -0.4 is 5.32 Å². The summed E-state index contributed by atoms with van der Waals surface area (Å²) in [5.41, 5.74) is -0.287. The first-order valence-electron chi connectivity index (χ1n) is 3.90. The Hall–Kier alpha value is -0.120. The molecule has 3 nitrogen and oxygen atoms in total. The SMILES string of the molecule is CNC(C)C(O)OC(C)(C)C. The summed E-state index contributed by atoms with van der Waals surface area (Å²) in [7, 11) is 1.79. The van der Waals surface area contributed by atoms with Gasteiger partial charge < -0.3 is 15.2 Å². The van der Waals surface area contributed by atoms with Crippen molar-refractivity contribution in [3.05, 3.63) is 0 Å². The molecule has 0 aromatic carbocycles. The molecule has 0 aromatic heterocycles. The second-order valence-corrected chi connectivity index (χ2v) is 3.70. The van der Waals surface area contributed by atoms with E-state index in [1.807, 2.05) is 27.7 Å². The fourth-order valence-electron chi connectivity index (χ4n) is 0.607. The summed E-state index contributed by atoms with van der Waals surface area (Å²) in [6.45, 7) is 7.62. The standard InChI is InChI=1S/C8H19NO2/c1-6(9-5)7(10)11-8(2,3)4/h6-7,9-10H,1-5H3. The third kappa shape index (κ3) is 5.18. The molecule has 2 N–H and O–H groups in total. The van der Waals surface area contributed by atoms with Gasteiger partial charge in [-0.15, -0.1) is 0 Å². The van der Waals surface area contributed by atoms with Crippen LogP contribution in [0.1, 0.15) is 27.7 Å². The van der Waals surface area contributed by atoms with E-state index in [1.54, 1.807) is 7.05 Å². The summed E-state index contributed by atoms with van der Waals surface area (Å²) >= 11 is 0. The predicted molar refractivity (Wildman–Crippen MR) is 45.4 cm³/mol. The highest BCUT2D eigenvalue weighted by Crippen LogP contribution is 2.10. The van der Waals surface area contributed by atoms with Crippen LogP contribution in [0.15, 0.2) is 0 Å². The summed E-state index contributed by atoms with van der Waals surface area (Å²) in [5, 5.41) is 12.3. The molecule has 3 heteroatoms. The Balaban J connectivity index is 3.77. The van der Waals surface area contributed by atoms with Crippen molar-refractivity contribution in [2.75, 3.05) is 7.05 Å². The summed E-state index contributed by atoms with van der Waals surface area (Å²) in [6, 6.07) is -0.0331. The van der Waals surface area contributed by atoms with E-state index in [-0.39, 0.29) is 11.6 Å². The third-order valence-electron chi connectivity index (χ3n) is 1.36. The first-order valence-corrected chi connectivity index (χ1v) is 3.90. The highest BCUT2D eigenvalue weighted by Gasteiger charge is 2.20. The molecule has 0 aliphatic carbocycles. The van der Waals surface area contributed by atoms with E-state index in [4.69, 9.17) is 4.74 Å². The van der Waals surface area contributed by atoms with Crippen molar-refractivity contribution < 1.29 is 9.84 Å². The van der Waals surface area contributed by atoms with E-state index >= 15 is 0 Å². The number of ether oxygens (including phenoxy) is 1. The lowest BCUT2D eigenvalue weighted by Gasteiger charge is -2.27. The van der Waals surface area contributed by atoms with E-state index in [0.29, 0.717) is 0 Å². The van der Waals surface area contributed by atoms with Crippen LogP contribution in [0.5, 0.6) is 0 Å². The van der Waals surface area contributed by atoms with Gasteiger partial charge in [0.1, 0.15) is 0 Å². The molecule has 0 rings (SSSR count). The molecule has 2 unspecified atom stereocenters. The number of aliphatic hydroxyl groups excluding tert-OH is 1. The van der Waals surface area contributed by atoms with Crippen LogP contribution in [0.25, 0.3) is 0 Å². The molecule has 0 spiro atoms.